The summed E-state index contributed by atoms with van der Waals surface area (Å²) in [6.07, 6.45) is 3.41. The zero-order chi connectivity index (χ0) is 12.4. The molecule has 1 unspecified atom stereocenters. The maximum absolute atomic E-state index is 10.9. The van der Waals surface area contributed by atoms with Crippen molar-refractivity contribution in [2.24, 2.45) is 11.8 Å². The number of carboxylic acids is 1. The molecular formula is C11H18N4O2. The summed E-state index contributed by atoms with van der Waals surface area (Å²) >= 11 is 0. The lowest BCUT2D eigenvalue weighted by Crippen LogP contribution is -2.22. The Hall–Kier alpha value is -1.46. The minimum atomic E-state index is -0.809. The van der Waals surface area contributed by atoms with Crippen molar-refractivity contribution in [1.82, 2.24) is 20.2 Å². The lowest BCUT2D eigenvalue weighted by molar-refractivity contribution is -0.138. The van der Waals surface area contributed by atoms with Crippen LogP contribution in [0.4, 0.5) is 0 Å². The molecule has 0 radical (unpaired) electrons. The molecule has 1 saturated carbocycles. The fourth-order valence-corrected chi connectivity index (χ4v) is 1.97. The van der Waals surface area contributed by atoms with Gasteiger partial charge in [-0.1, -0.05) is 13.8 Å². The highest BCUT2D eigenvalue weighted by molar-refractivity contribution is 5.67. The van der Waals surface area contributed by atoms with Crippen molar-refractivity contribution in [2.75, 3.05) is 0 Å². The molecule has 1 aliphatic rings. The van der Waals surface area contributed by atoms with Gasteiger partial charge >= 0.3 is 5.97 Å². The molecule has 1 aliphatic carbocycles. The van der Waals surface area contributed by atoms with Crippen LogP contribution >= 0.6 is 0 Å². The normalized spacial score (nSPS) is 17.4. The Morgan fingerprint density at radius 3 is 2.76 bits per heavy atom. The van der Waals surface area contributed by atoms with Crippen LogP contribution in [0.15, 0.2) is 0 Å². The Morgan fingerprint density at radius 1 is 1.53 bits per heavy atom. The van der Waals surface area contributed by atoms with Crippen molar-refractivity contribution in [3.63, 3.8) is 0 Å². The second-order valence-electron chi connectivity index (χ2n) is 5.10. The third-order valence-corrected chi connectivity index (χ3v) is 3.20. The van der Waals surface area contributed by atoms with Crippen LogP contribution in [0.3, 0.4) is 0 Å². The number of nitrogens with zero attached hydrogens (tertiary/aromatic N) is 4. The van der Waals surface area contributed by atoms with Crippen LogP contribution in [0, 0.1) is 11.8 Å². The molecule has 1 atom stereocenters. The minimum absolute atomic E-state index is 0.0698. The standard InChI is InChI=1S/C11H18N4O2/c1-7(2)9(6-11(16)17)15-10(12-13-14-15)5-8-3-4-8/h7-9H,3-6H2,1-2H3,(H,16,17). The van der Waals surface area contributed by atoms with E-state index in [1.54, 1.807) is 4.68 Å². The molecule has 2 rings (SSSR count). The summed E-state index contributed by atoms with van der Waals surface area (Å²) in [5, 5.41) is 20.6. The van der Waals surface area contributed by atoms with E-state index in [0.717, 1.165) is 12.2 Å². The molecule has 6 nitrogen and oxygen atoms in total. The van der Waals surface area contributed by atoms with E-state index in [4.69, 9.17) is 5.11 Å². The zero-order valence-electron chi connectivity index (χ0n) is 10.2. The van der Waals surface area contributed by atoms with Gasteiger partial charge in [0.05, 0.1) is 12.5 Å². The first-order valence-electron chi connectivity index (χ1n) is 6.06. The van der Waals surface area contributed by atoms with Crippen molar-refractivity contribution in [3.8, 4) is 0 Å². The lowest BCUT2D eigenvalue weighted by atomic mass is 10.0. The van der Waals surface area contributed by atoms with Gasteiger partial charge in [0.1, 0.15) is 0 Å². The van der Waals surface area contributed by atoms with Gasteiger partial charge in [-0.25, -0.2) is 4.68 Å². The van der Waals surface area contributed by atoms with E-state index in [-0.39, 0.29) is 18.4 Å². The van der Waals surface area contributed by atoms with E-state index in [9.17, 15) is 4.79 Å². The molecule has 0 aromatic carbocycles. The van der Waals surface area contributed by atoms with Crippen LogP contribution in [-0.4, -0.2) is 31.3 Å². The van der Waals surface area contributed by atoms with Gasteiger partial charge in [0.25, 0.3) is 0 Å². The van der Waals surface area contributed by atoms with Gasteiger partial charge in [-0.2, -0.15) is 0 Å². The average molecular weight is 238 g/mol. The Kier molecular flexibility index (Phi) is 3.40. The number of aliphatic carboxylic acids is 1. The summed E-state index contributed by atoms with van der Waals surface area (Å²) in [6.45, 7) is 3.99. The van der Waals surface area contributed by atoms with E-state index in [2.05, 4.69) is 15.5 Å². The summed E-state index contributed by atoms with van der Waals surface area (Å²) < 4.78 is 1.71. The second kappa shape index (κ2) is 4.81. The maximum atomic E-state index is 10.9. The quantitative estimate of drug-likeness (QED) is 0.807. The minimum Gasteiger partial charge on any atom is -0.481 e. The smallest absolute Gasteiger partial charge is 0.305 e. The summed E-state index contributed by atoms with van der Waals surface area (Å²) in [7, 11) is 0. The molecule has 1 aromatic rings. The molecule has 0 aliphatic heterocycles. The number of aromatic nitrogens is 4. The molecule has 1 heterocycles. The van der Waals surface area contributed by atoms with E-state index in [1.165, 1.54) is 12.8 Å². The second-order valence-corrected chi connectivity index (χ2v) is 5.10. The third kappa shape index (κ3) is 3.01. The van der Waals surface area contributed by atoms with Crippen molar-refractivity contribution in [3.05, 3.63) is 5.82 Å². The summed E-state index contributed by atoms with van der Waals surface area (Å²) in [4.78, 5) is 10.9. The summed E-state index contributed by atoms with van der Waals surface area (Å²) in [5.74, 6) is 0.911. The number of tetrazole rings is 1. The first-order valence-corrected chi connectivity index (χ1v) is 6.06. The highest BCUT2D eigenvalue weighted by Gasteiger charge is 2.28. The molecule has 1 aromatic heterocycles. The van der Waals surface area contributed by atoms with Crippen LogP contribution in [0.5, 0.6) is 0 Å². The number of hydrogen-bond acceptors (Lipinski definition) is 4. The summed E-state index contributed by atoms with van der Waals surface area (Å²) in [5.41, 5.74) is 0. The average Bonchev–Trinajstić information content (AvgIpc) is 2.92. The first kappa shape index (κ1) is 12.0. The Balaban J connectivity index is 2.15. The predicted octanol–water partition coefficient (Wildman–Crippen LogP) is 1.30. The molecular weight excluding hydrogens is 220 g/mol. The Labute approximate surface area is 100 Å². The van der Waals surface area contributed by atoms with Crippen LogP contribution in [0.2, 0.25) is 0 Å². The van der Waals surface area contributed by atoms with E-state index in [0.29, 0.717) is 5.92 Å². The molecule has 0 spiro atoms. The molecule has 0 saturated heterocycles. The Morgan fingerprint density at radius 2 is 2.24 bits per heavy atom. The molecule has 94 valence electrons. The largest absolute Gasteiger partial charge is 0.481 e. The number of carbonyl (C=O) groups is 1. The fourth-order valence-electron chi connectivity index (χ4n) is 1.97. The van der Waals surface area contributed by atoms with Crippen molar-refractivity contribution < 1.29 is 9.90 Å². The molecule has 6 heteroatoms. The molecule has 17 heavy (non-hydrogen) atoms. The molecule has 0 bridgehead atoms. The highest BCUT2D eigenvalue weighted by Crippen LogP contribution is 2.33. The van der Waals surface area contributed by atoms with Gasteiger partial charge in [-0.15, -0.1) is 5.10 Å². The van der Waals surface area contributed by atoms with Crippen LogP contribution < -0.4 is 0 Å². The van der Waals surface area contributed by atoms with Gasteiger partial charge < -0.3 is 5.11 Å². The number of rotatable bonds is 6. The van der Waals surface area contributed by atoms with Crippen LogP contribution in [0.25, 0.3) is 0 Å². The van der Waals surface area contributed by atoms with Gasteiger partial charge in [0.2, 0.25) is 0 Å². The maximum Gasteiger partial charge on any atom is 0.305 e. The van der Waals surface area contributed by atoms with Crippen molar-refractivity contribution in [1.29, 1.82) is 0 Å². The monoisotopic (exact) mass is 238 g/mol. The molecule has 0 amide bonds. The van der Waals surface area contributed by atoms with E-state index in [1.807, 2.05) is 13.8 Å². The summed E-state index contributed by atoms with van der Waals surface area (Å²) in [6, 6.07) is -0.156. The van der Waals surface area contributed by atoms with E-state index >= 15 is 0 Å². The highest BCUT2D eigenvalue weighted by atomic mass is 16.4. The lowest BCUT2D eigenvalue weighted by Gasteiger charge is -2.20. The number of hydrogen-bond donors (Lipinski definition) is 1. The van der Waals surface area contributed by atoms with Crippen LogP contribution in [-0.2, 0) is 11.2 Å². The number of carboxylic acid groups (broad SMARTS) is 1. The van der Waals surface area contributed by atoms with E-state index < -0.39 is 5.97 Å². The first-order chi connectivity index (χ1) is 8.08. The SMILES string of the molecule is CC(C)C(CC(=O)O)n1nnnc1CC1CC1. The fraction of sp³-hybridized carbons (Fsp3) is 0.818. The van der Waals surface area contributed by atoms with Crippen molar-refractivity contribution in [2.45, 2.75) is 45.6 Å². The van der Waals surface area contributed by atoms with Gasteiger partial charge in [0, 0.05) is 6.42 Å². The van der Waals surface area contributed by atoms with Gasteiger partial charge in [-0.05, 0) is 35.1 Å². The molecule has 1 N–H and O–H groups in total. The topological polar surface area (TPSA) is 80.9 Å². The zero-order valence-corrected chi connectivity index (χ0v) is 10.2. The molecule has 1 fully saturated rings. The van der Waals surface area contributed by atoms with Gasteiger partial charge in [-0.3, -0.25) is 4.79 Å². The Bertz CT molecular complexity index is 398. The van der Waals surface area contributed by atoms with Crippen molar-refractivity contribution >= 4 is 5.97 Å². The van der Waals surface area contributed by atoms with Crippen LogP contribution in [0.1, 0.15) is 45.0 Å². The third-order valence-electron chi connectivity index (χ3n) is 3.20. The van der Waals surface area contributed by atoms with Gasteiger partial charge in [0.15, 0.2) is 5.82 Å². The predicted molar refractivity (Wildman–Crippen MR) is 60.4 cm³/mol.